The highest BCUT2D eigenvalue weighted by molar-refractivity contribution is 5.83. The molecule has 0 bridgehead atoms. The largest absolute Gasteiger partial charge is 0.494 e. The molecule has 210 valence electrons. The third kappa shape index (κ3) is 6.57. The molecule has 1 aliphatic heterocycles. The van der Waals surface area contributed by atoms with Gasteiger partial charge in [-0.15, -0.1) is 0 Å². The van der Waals surface area contributed by atoms with Crippen LogP contribution in [0.15, 0.2) is 42.6 Å². The molecule has 0 unspecified atom stereocenters. The summed E-state index contributed by atoms with van der Waals surface area (Å²) >= 11 is 0. The van der Waals surface area contributed by atoms with Crippen molar-refractivity contribution in [1.82, 2.24) is 20.0 Å². The van der Waals surface area contributed by atoms with Gasteiger partial charge in [0.05, 0.1) is 24.6 Å². The van der Waals surface area contributed by atoms with E-state index >= 15 is 0 Å². The van der Waals surface area contributed by atoms with E-state index in [4.69, 9.17) is 14.7 Å². The maximum Gasteiger partial charge on any atom is 0.407 e. The SMILES string of the molecule is COc1ccc(-c2c(-c3ccc(C#N)c(F)c3)cnn2CC(=O)N2CCC[C@@H](NC(=O)OC(C)(C)C)C2)cc1F. The van der Waals surface area contributed by atoms with Gasteiger partial charge >= 0.3 is 6.09 Å². The Balaban J connectivity index is 1.62. The Kier molecular flexibility index (Phi) is 8.38. The lowest BCUT2D eigenvalue weighted by atomic mass is 10.00. The molecule has 1 atom stereocenters. The van der Waals surface area contributed by atoms with Gasteiger partial charge in [0.1, 0.15) is 24.0 Å². The Hall–Kier alpha value is -4.46. The summed E-state index contributed by atoms with van der Waals surface area (Å²) in [6, 6.07) is 10.0. The minimum Gasteiger partial charge on any atom is -0.494 e. The van der Waals surface area contributed by atoms with Crippen molar-refractivity contribution in [2.24, 2.45) is 0 Å². The molecule has 1 N–H and O–H groups in total. The molecule has 0 saturated carbocycles. The van der Waals surface area contributed by atoms with Crippen LogP contribution in [-0.2, 0) is 16.1 Å². The van der Waals surface area contributed by atoms with Gasteiger partial charge < -0.3 is 19.7 Å². The molecule has 2 amide bonds. The summed E-state index contributed by atoms with van der Waals surface area (Å²) in [5.74, 6) is -1.50. The number of carbonyl (C=O) groups is 2. The number of rotatable bonds is 6. The number of benzene rings is 2. The lowest BCUT2D eigenvalue weighted by Gasteiger charge is -2.33. The lowest BCUT2D eigenvalue weighted by molar-refractivity contribution is -0.133. The van der Waals surface area contributed by atoms with E-state index in [2.05, 4.69) is 10.4 Å². The van der Waals surface area contributed by atoms with Crippen LogP contribution in [0.25, 0.3) is 22.4 Å². The molecule has 2 aromatic carbocycles. The first-order valence-electron chi connectivity index (χ1n) is 12.9. The number of nitrogens with one attached hydrogen (secondary N) is 1. The number of hydrogen-bond donors (Lipinski definition) is 1. The van der Waals surface area contributed by atoms with Crippen molar-refractivity contribution in [2.75, 3.05) is 20.2 Å². The van der Waals surface area contributed by atoms with Crippen LogP contribution in [0.2, 0.25) is 0 Å². The number of halogens is 2. The van der Waals surface area contributed by atoms with Gasteiger partial charge in [0.25, 0.3) is 0 Å². The van der Waals surface area contributed by atoms with E-state index in [0.717, 1.165) is 0 Å². The van der Waals surface area contributed by atoms with E-state index in [0.29, 0.717) is 48.3 Å². The van der Waals surface area contributed by atoms with Gasteiger partial charge in [-0.3, -0.25) is 9.48 Å². The number of methoxy groups -OCH3 is 1. The predicted molar refractivity (Wildman–Crippen MR) is 143 cm³/mol. The van der Waals surface area contributed by atoms with Crippen molar-refractivity contribution in [2.45, 2.75) is 51.8 Å². The molecule has 1 fully saturated rings. The normalized spacial score (nSPS) is 15.3. The highest BCUT2D eigenvalue weighted by Crippen LogP contribution is 2.35. The fraction of sp³-hybridized carbons (Fsp3) is 0.379. The second kappa shape index (κ2) is 11.7. The zero-order valence-corrected chi connectivity index (χ0v) is 22.8. The molecule has 0 spiro atoms. The van der Waals surface area contributed by atoms with Crippen molar-refractivity contribution in [3.63, 3.8) is 0 Å². The number of aromatic nitrogens is 2. The maximum atomic E-state index is 14.7. The smallest absolute Gasteiger partial charge is 0.407 e. The fourth-order valence-electron chi connectivity index (χ4n) is 4.63. The number of piperidine rings is 1. The zero-order chi connectivity index (χ0) is 29.0. The van der Waals surface area contributed by atoms with E-state index in [1.807, 2.05) is 0 Å². The van der Waals surface area contributed by atoms with Gasteiger partial charge in [-0.05, 0) is 69.5 Å². The molecule has 2 heterocycles. The van der Waals surface area contributed by atoms with Crippen LogP contribution >= 0.6 is 0 Å². The van der Waals surface area contributed by atoms with Crippen molar-refractivity contribution in [3.05, 3.63) is 59.8 Å². The number of likely N-dealkylation sites (tertiary alicyclic amines) is 1. The van der Waals surface area contributed by atoms with E-state index in [-0.39, 0.29) is 29.8 Å². The Morgan fingerprint density at radius 1 is 1.15 bits per heavy atom. The van der Waals surface area contributed by atoms with Crippen LogP contribution in [0.4, 0.5) is 13.6 Å². The number of amides is 2. The molecular formula is C29H31F2N5O4. The van der Waals surface area contributed by atoms with E-state index in [1.54, 1.807) is 43.9 Å². The van der Waals surface area contributed by atoms with Gasteiger partial charge in [-0.2, -0.15) is 10.4 Å². The molecule has 4 rings (SSSR count). The average molecular weight is 552 g/mol. The molecule has 1 aromatic heterocycles. The molecule has 1 aliphatic rings. The van der Waals surface area contributed by atoms with Crippen LogP contribution in [0.5, 0.6) is 5.75 Å². The number of nitriles is 1. The van der Waals surface area contributed by atoms with Gasteiger partial charge in [-0.25, -0.2) is 13.6 Å². The molecule has 3 aromatic rings. The average Bonchev–Trinajstić information content (AvgIpc) is 3.31. The van der Waals surface area contributed by atoms with Crippen molar-refractivity contribution >= 4 is 12.0 Å². The predicted octanol–water partition coefficient (Wildman–Crippen LogP) is 4.89. The number of carbonyl (C=O) groups excluding carboxylic acids is 2. The Labute approximate surface area is 231 Å². The molecule has 11 heteroatoms. The number of hydrogen-bond acceptors (Lipinski definition) is 6. The van der Waals surface area contributed by atoms with E-state index < -0.39 is 23.3 Å². The highest BCUT2D eigenvalue weighted by Gasteiger charge is 2.28. The van der Waals surface area contributed by atoms with Gasteiger partial charge in [0, 0.05) is 30.3 Å². The minimum atomic E-state index is -0.701. The van der Waals surface area contributed by atoms with E-state index in [1.165, 1.54) is 42.3 Å². The standard InChI is InChI=1S/C29H31F2N5O4/c1-29(2,3)40-28(38)34-21-6-5-11-35(16-21)26(37)17-36-27(19-9-10-25(39-4)24(31)13-19)22(15-33-36)18-7-8-20(14-32)23(30)12-18/h7-10,12-13,15,21H,5-6,11,16-17H2,1-4H3,(H,34,38)/t21-/m1/s1. The monoisotopic (exact) mass is 551 g/mol. The molecule has 9 nitrogen and oxygen atoms in total. The molecule has 40 heavy (non-hydrogen) atoms. The van der Waals surface area contributed by atoms with Crippen molar-refractivity contribution in [1.29, 1.82) is 5.26 Å². The second-order valence-corrected chi connectivity index (χ2v) is 10.5. The van der Waals surface area contributed by atoms with Crippen LogP contribution in [0.3, 0.4) is 0 Å². The fourth-order valence-corrected chi connectivity index (χ4v) is 4.63. The molecular weight excluding hydrogens is 520 g/mol. The summed E-state index contributed by atoms with van der Waals surface area (Å²) in [6.07, 6.45) is 2.34. The zero-order valence-electron chi connectivity index (χ0n) is 22.8. The Morgan fingerprint density at radius 3 is 2.52 bits per heavy atom. The van der Waals surface area contributed by atoms with Crippen molar-refractivity contribution in [3.8, 4) is 34.2 Å². The first-order chi connectivity index (χ1) is 19.0. The van der Waals surface area contributed by atoms with Gasteiger partial charge in [-0.1, -0.05) is 6.07 Å². The van der Waals surface area contributed by atoms with Crippen molar-refractivity contribution < 1.29 is 27.8 Å². The first kappa shape index (κ1) is 28.5. The third-order valence-electron chi connectivity index (χ3n) is 6.45. The van der Waals surface area contributed by atoms with Crippen LogP contribution in [-0.4, -0.2) is 58.5 Å². The number of alkyl carbamates (subject to hydrolysis) is 1. The highest BCUT2D eigenvalue weighted by atomic mass is 19.1. The summed E-state index contributed by atoms with van der Waals surface area (Å²) in [5.41, 5.74) is 0.945. The molecule has 1 saturated heterocycles. The summed E-state index contributed by atoms with van der Waals surface area (Å²) in [4.78, 5) is 27.3. The summed E-state index contributed by atoms with van der Waals surface area (Å²) in [7, 11) is 1.36. The first-order valence-corrected chi connectivity index (χ1v) is 12.9. The topological polar surface area (TPSA) is 109 Å². The summed E-state index contributed by atoms with van der Waals surface area (Å²) in [6.45, 7) is 5.98. The number of ether oxygens (including phenoxy) is 2. The quantitative estimate of drug-likeness (QED) is 0.467. The van der Waals surface area contributed by atoms with Gasteiger partial charge in [0.2, 0.25) is 5.91 Å². The molecule has 0 radical (unpaired) electrons. The Bertz CT molecular complexity index is 1460. The van der Waals surface area contributed by atoms with E-state index in [9.17, 15) is 18.4 Å². The summed E-state index contributed by atoms with van der Waals surface area (Å²) in [5, 5.41) is 16.3. The van der Waals surface area contributed by atoms with Gasteiger partial charge in [0.15, 0.2) is 11.6 Å². The molecule has 0 aliphatic carbocycles. The van der Waals surface area contributed by atoms with Crippen LogP contribution in [0.1, 0.15) is 39.2 Å². The van der Waals surface area contributed by atoms with Crippen LogP contribution in [0, 0.1) is 23.0 Å². The van der Waals surface area contributed by atoms with Crippen LogP contribution < -0.4 is 10.1 Å². The third-order valence-corrected chi connectivity index (χ3v) is 6.45. The minimum absolute atomic E-state index is 0.0497. The number of nitrogens with zero attached hydrogens (tertiary/aromatic N) is 4. The Morgan fingerprint density at radius 2 is 1.88 bits per heavy atom. The second-order valence-electron chi connectivity index (χ2n) is 10.5. The lowest BCUT2D eigenvalue weighted by Crippen LogP contribution is -2.51. The maximum absolute atomic E-state index is 14.7. The summed E-state index contributed by atoms with van der Waals surface area (Å²) < 4.78 is 41.0.